The van der Waals surface area contributed by atoms with Crippen LogP contribution in [0.1, 0.15) is 18.9 Å². The normalized spacial score (nSPS) is 16.4. The molecule has 0 atom stereocenters. The molecule has 4 heteroatoms. The molecule has 21 heavy (non-hydrogen) atoms. The lowest BCUT2D eigenvalue weighted by Gasteiger charge is -2.22. The van der Waals surface area contributed by atoms with Crippen molar-refractivity contribution >= 4 is 10.9 Å². The molecule has 0 spiro atoms. The van der Waals surface area contributed by atoms with Crippen LogP contribution in [-0.2, 0) is 0 Å². The third-order valence-electron chi connectivity index (χ3n) is 4.24. The second-order valence-corrected chi connectivity index (χ2v) is 5.57. The van der Waals surface area contributed by atoms with Crippen LogP contribution in [0.4, 0.5) is 0 Å². The zero-order valence-electron chi connectivity index (χ0n) is 11.9. The average Bonchev–Trinajstić information content (AvgIpc) is 3.05. The molecule has 1 aliphatic rings. The summed E-state index contributed by atoms with van der Waals surface area (Å²) in [4.78, 5) is 4.43. The van der Waals surface area contributed by atoms with Crippen molar-refractivity contribution < 1.29 is 0 Å². The van der Waals surface area contributed by atoms with Crippen LogP contribution in [0.5, 0.6) is 0 Å². The monoisotopic (exact) mass is 278 g/mol. The first-order valence-corrected chi connectivity index (χ1v) is 7.51. The maximum absolute atomic E-state index is 4.59. The summed E-state index contributed by atoms with van der Waals surface area (Å²) < 4.78 is 2.13. The molecule has 1 aliphatic heterocycles. The Hall–Kier alpha value is -2.20. The SMILES string of the molecule is c1cc(-c2cnn(C3CCNCC3)c2)c2cccnc2c1. The van der Waals surface area contributed by atoms with E-state index in [1.165, 1.54) is 16.5 Å². The molecule has 106 valence electrons. The molecule has 0 unspecified atom stereocenters. The van der Waals surface area contributed by atoms with E-state index >= 15 is 0 Å². The first-order chi connectivity index (χ1) is 10.4. The molecule has 1 fully saturated rings. The Morgan fingerprint density at radius 2 is 2.00 bits per heavy atom. The number of nitrogens with zero attached hydrogens (tertiary/aromatic N) is 3. The smallest absolute Gasteiger partial charge is 0.0708 e. The second-order valence-electron chi connectivity index (χ2n) is 5.57. The van der Waals surface area contributed by atoms with Crippen molar-refractivity contribution in [2.45, 2.75) is 18.9 Å². The Kier molecular flexibility index (Phi) is 3.16. The van der Waals surface area contributed by atoms with Gasteiger partial charge in [0.2, 0.25) is 0 Å². The van der Waals surface area contributed by atoms with Gasteiger partial charge in [0, 0.05) is 23.3 Å². The molecule has 4 rings (SSSR count). The molecule has 1 N–H and O–H groups in total. The maximum atomic E-state index is 4.59. The predicted molar refractivity (Wildman–Crippen MR) is 84.1 cm³/mol. The fraction of sp³-hybridized carbons (Fsp3) is 0.294. The largest absolute Gasteiger partial charge is 0.317 e. The van der Waals surface area contributed by atoms with E-state index in [4.69, 9.17) is 0 Å². The Bertz CT molecular complexity index is 751. The number of hydrogen-bond donors (Lipinski definition) is 1. The lowest BCUT2D eigenvalue weighted by molar-refractivity contribution is 0.343. The molecular weight excluding hydrogens is 260 g/mol. The van der Waals surface area contributed by atoms with E-state index in [2.05, 4.69) is 50.5 Å². The summed E-state index contributed by atoms with van der Waals surface area (Å²) in [5.41, 5.74) is 3.41. The topological polar surface area (TPSA) is 42.7 Å². The third kappa shape index (κ3) is 2.32. The van der Waals surface area contributed by atoms with Gasteiger partial charge in [-0.05, 0) is 43.6 Å². The number of hydrogen-bond acceptors (Lipinski definition) is 3. The minimum absolute atomic E-state index is 0.521. The van der Waals surface area contributed by atoms with Crippen molar-refractivity contribution in [3.05, 3.63) is 48.9 Å². The second kappa shape index (κ2) is 5.30. The fourth-order valence-electron chi connectivity index (χ4n) is 3.10. The highest BCUT2D eigenvalue weighted by Gasteiger charge is 2.16. The lowest BCUT2D eigenvalue weighted by atomic mass is 10.0. The molecule has 4 nitrogen and oxygen atoms in total. The molecule has 2 aromatic heterocycles. The summed E-state index contributed by atoms with van der Waals surface area (Å²) >= 11 is 0. The van der Waals surface area contributed by atoms with Gasteiger partial charge in [-0.2, -0.15) is 5.10 Å². The average molecular weight is 278 g/mol. The van der Waals surface area contributed by atoms with Gasteiger partial charge in [-0.15, -0.1) is 0 Å². The van der Waals surface area contributed by atoms with Crippen LogP contribution in [0.15, 0.2) is 48.9 Å². The number of rotatable bonds is 2. The molecule has 0 amide bonds. The van der Waals surface area contributed by atoms with E-state index in [-0.39, 0.29) is 0 Å². The fourth-order valence-corrected chi connectivity index (χ4v) is 3.10. The number of piperidine rings is 1. The Morgan fingerprint density at radius 1 is 1.10 bits per heavy atom. The van der Waals surface area contributed by atoms with Crippen LogP contribution in [0, 0.1) is 0 Å². The van der Waals surface area contributed by atoms with Crippen molar-refractivity contribution in [2.24, 2.45) is 0 Å². The van der Waals surface area contributed by atoms with E-state index in [0.717, 1.165) is 31.4 Å². The van der Waals surface area contributed by atoms with E-state index < -0.39 is 0 Å². The van der Waals surface area contributed by atoms with Gasteiger partial charge in [0.1, 0.15) is 0 Å². The standard InChI is InChI=1S/C17H18N4/c1-3-15(16-4-2-8-19-17(16)5-1)13-11-20-21(12-13)14-6-9-18-10-7-14/h1-5,8,11-12,14,18H,6-7,9-10H2. The summed E-state index contributed by atoms with van der Waals surface area (Å²) in [5.74, 6) is 0. The van der Waals surface area contributed by atoms with Crippen molar-refractivity contribution in [2.75, 3.05) is 13.1 Å². The lowest BCUT2D eigenvalue weighted by Crippen LogP contribution is -2.29. The zero-order valence-corrected chi connectivity index (χ0v) is 11.9. The van der Waals surface area contributed by atoms with Crippen molar-refractivity contribution in [3.63, 3.8) is 0 Å². The minimum atomic E-state index is 0.521. The van der Waals surface area contributed by atoms with Gasteiger partial charge in [-0.3, -0.25) is 9.67 Å². The summed E-state index contributed by atoms with van der Waals surface area (Å²) in [6.45, 7) is 2.16. The molecule has 0 aliphatic carbocycles. The third-order valence-corrected chi connectivity index (χ3v) is 4.24. The van der Waals surface area contributed by atoms with Crippen LogP contribution < -0.4 is 5.32 Å². The molecule has 0 radical (unpaired) electrons. The van der Waals surface area contributed by atoms with E-state index in [9.17, 15) is 0 Å². The summed E-state index contributed by atoms with van der Waals surface area (Å²) in [5, 5.41) is 9.17. The number of nitrogens with one attached hydrogen (secondary N) is 1. The highest BCUT2D eigenvalue weighted by atomic mass is 15.3. The van der Waals surface area contributed by atoms with Gasteiger partial charge < -0.3 is 5.32 Å². The minimum Gasteiger partial charge on any atom is -0.317 e. The van der Waals surface area contributed by atoms with Gasteiger partial charge in [0.15, 0.2) is 0 Å². The molecule has 1 saturated heterocycles. The number of fused-ring (bicyclic) bond motifs is 1. The molecule has 1 aromatic carbocycles. The van der Waals surface area contributed by atoms with Crippen molar-refractivity contribution in [3.8, 4) is 11.1 Å². The molecule has 0 saturated carbocycles. The highest BCUT2D eigenvalue weighted by Crippen LogP contribution is 2.28. The van der Waals surface area contributed by atoms with E-state index in [1.54, 1.807) is 0 Å². The number of pyridine rings is 1. The van der Waals surface area contributed by atoms with Crippen LogP contribution >= 0.6 is 0 Å². The van der Waals surface area contributed by atoms with Gasteiger partial charge in [0.05, 0.1) is 17.8 Å². The maximum Gasteiger partial charge on any atom is 0.0708 e. The first-order valence-electron chi connectivity index (χ1n) is 7.51. The van der Waals surface area contributed by atoms with Gasteiger partial charge >= 0.3 is 0 Å². The number of benzene rings is 1. The first kappa shape index (κ1) is 12.5. The van der Waals surface area contributed by atoms with Crippen LogP contribution in [0.3, 0.4) is 0 Å². The Balaban J connectivity index is 1.74. The van der Waals surface area contributed by atoms with E-state index in [1.807, 2.05) is 18.5 Å². The Labute approximate surface area is 123 Å². The van der Waals surface area contributed by atoms with Crippen LogP contribution in [-0.4, -0.2) is 27.9 Å². The van der Waals surface area contributed by atoms with Gasteiger partial charge in [0.25, 0.3) is 0 Å². The highest BCUT2D eigenvalue weighted by molar-refractivity contribution is 5.94. The van der Waals surface area contributed by atoms with Gasteiger partial charge in [-0.25, -0.2) is 0 Å². The van der Waals surface area contributed by atoms with Crippen molar-refractivity contribution in [1.29, 1.82) is 0 Å². The van der Waals surface area contributed by atoms with Crippen molar-refractivity contribution in [1.82, 2.24) is 20.1 Å². The number of aromatic nitrogens is 3. The predicted octanol–water partition coefficient (Wildman–Crippen LogP) is 3.02. The molecule has 0 bridgehead atoms. The summed E-state index contributed by atoms with van der Waals surface area (Å²) in [6.07, 6.45) is 8.29. The molecule has 3 heterocycles. The molecular formula is C17H18N4. The molecule has 3 aromatic rings. The quantitative estimate of drug-likeness (QED) is 0.783. The summed E-state index contributed by atoms with van der Waals surface area (Å²) in [6, 6.07) is 10.9. The van der Waals surface area contributed by atoms with Crippen LogP contribution in [0.25, 0.3) is 22.0 Å². The summed E-state index contributed by atoms with van der Waals surface area (Å²) in [7, 11) is 0. The Morgan fingerprint density at radius 3 is 2.90 bits per heavy atom. The van der Waals surface area contributed by atoms with Crippen LogP contribution in [0.2, 0.25) is 0 Å². The van der Waals surface area contributed by atoms with E-state index in [0.29, 0.717) is 6.04 Å². The zero-order chi connectivity index (χ0) is 14.1. The van der Waals surface area contributed by atoms with Gasteiger partial charge in [-0.1, -0.05) is 18.2 Å².